The van der Waals surface area contributed by atoms with Gasteiger partial charge in [0.1, 0.15) is 0 Å². The van der Waals surface area contributed by atoms with E-state index in [9.17, 15) is 4.79 Å². The van der Waals surface area contributed by atoms with Crippen molar-refractivity contribution in [3.8, 4) is 0 Å². The fraction of sp³-hybridized carbons (Fsp3) is 0.650. The summed E-state index contributed by atoms with van der Waals surface area (Å²) in [5.74, 6) is 1.90. The van der Waals surface area contributed by atoms with Crippen LogP contribution < -0.4 is 0 Å². The topological polar surface area (TPSA) is 23.6 Å². The molecule has 0 N–H and O–H groups in total. The van der Waals surface area contributed by atoms with Gasteiger partial charge in [-0.25, -0.2) is 0 Å². The SMILES string of the molecule is CCCN1CCC(=O)N([C@H](CSc2ccc(Br)cc2)CC(C)C)CC1. The molecular weight excluding hydrogens is 396 g/mol. The van der Waals surface area contributed by atoms with Gasteiger partial charge in [0.2, 0.25) is 5.91 Å². The van der Waals surface area contributed by atoms with E-state index in [1.807, 2.05) is 11.8 Å². The molecule has 0 bridgehead atoms. The van der Waals surface area contributed by atoms with Crippen molar-refractivity contribution in [2.75, 3.05) is 31.9 Å². The van der Waals surface area contributed by atoms with Crippen LogP contribution in [0.15, 0.2) is 33.6 Å². The number of amides is 1. The fourth-order valence-electron chi connectivity index (χ4n) is 3.36. The smallest absolute Gasteiger partial charge is 0.224 e. The Bertz CT molecular complexity index is 535. The van der Waals surface area contributed by atoms with Crippen LogP contribution in [0.2, 0.25) is 0 Å². The first-order valence-corrected chi connectivity index (χ1v) is 11.2. The Balaban J connectivity index is 2.01. The summed E-state index contributed by atoms with van der Waals surface area (Å²) in [7, 11) is 0. The number of benzene rings is 1. The van der Waals surface area contributed by atoms with Crippen LogP contribution in [0.25, 0.3) is 0 Å². The monoisotopic (exact) mass is 426 g/mol. The minimum absolute atomic E-state index is 0.322. The van der Waals surface area contributed by atoms with Crippen LogP contribution in [0, 0.1) is 5.92 Å². The van der Waals surface area contributed by atoms with Crippen molar-refractivity contribution in [3.63, 3.8) is 0 Å². The first-order chi connectivity index (χ1) is 12.0. The number of carbonyl (C=O) groups is 1. The number of carbonyl (C=O) groups excluding carboxylic acids is 1. The molecule has 1 aromatic rings. The predicted molar refractivity (Wildman–Crippen MR) is 111 cm³/mol. The molecule has 0 aliphatic carbocycles. The van der Waals surface area contributed by atoms with Crippen molar-refractivity contribution in [1.29, 1.82) is 0 Å². The Hall–Kier alpha value is -0.520. The van der Waals surface area contributed by atoms with Crippen molar-refractivity contribution in [2.45, 2.75) is 51.0 Å². The molecule has 1 atom stereocenters. The molecule has 0 radical (unpaired) electrons. The molecule has 1 aliphatic heterocycles. The largest absolute Gasteiger partial charge is 0.338 e. The Morgan fingerprint density at radius 2 is 1.88 bits per heavy atom. The van der Waals surface area contributed by atoms with Crippen LogP contribution in [-0.2, 0) is 4.79 Å². The van der Waals surface area contributed by atoms with Crippen molar-refractivity contribution < 1.29 is 4.79 Å². The third-order valence-corrected chi connectivity index (χ3v) is 6.29. The Morgan fingerprint density at radius 1 is 1.16 bits per heavy atom. The van der Waals surface area contributed by atoms with Gasteiger partial charge in [-0.3, -0.25) is 4.79 Å². The minimum Gasteiger partial charge on any atom is -0.338 e. The summed E-state index contributed by atoms with van der Waals surface area (Å²) in [5.41, 5.74) is 0. The van der Waals surface area contributed by atoms with Gasteiger partial charge in [-0.2, -0.15) is 0 Å². The molecule has 5 heteroatoms. The summed E-state index contributed by atoms with van der Waals surface area (Å²) >= 11 is 5.35. The molecule has 0 spiro atoms. The summed E-state index contributed by atoms with van der Waals surface area (Å²) in [6, 6.07) is 8.78. The van der Waals surface area contributed by atoms with Gasteiger partial charge in [-0.15, -0.1) is 11.8 Å². The van der Waals surface area contributed by atoms with E-state index in [-0.39, 0.29) is 0 Å². The quantitative estimate of drug-likeness (QED) is 0.552. The second kappa shape index (κ2) is 10.6. The lowest BCUT2D eigenvalue weighted by Crippen LogP contribution is -2.43. The highest BCUT2D eigenvalue weighted by Crippen LogP contribution is 2.26. The summed E-state index contributed by atoms with van der Waals surface area (Å²) in [6.45, 7) is 10.6. The maximum absolute atomic E-state index is 12.7. The van der Waals surface area contributed by atoms with E-state index in [0.29, 0.717) is 24.3 Å². The lowest BCUT2D eigenvalue weighted by molar-refractivity contribution is -0.132. The third kappa shape index (κ3) is 6.95. The zero-order valence-electron chi connectivity index (χ0n) is 15.7. The van der Waals surface area contributed by atoms with Gasteiger partial charge in [0.15, 0.2) is 0 Å². The third-order valence-electron chi connectivity index (χ3n) is 4.60. The molecule has 1 heterocycles. The van der Waals surface area contributed by atoms with E-state index in [0.717, 1.165) is 49.2 Å². The summed E-state index contributed by atoms with van der Waals surface area (Å²) in [5, 5.41) is 0. The number of hydrogen-bond acceptors (Lipinski definition) is 3. The highest BCUT2D eigenvalue weighted by Gasteiger charge is 2.27. The first-order valence-electron chi connectivity index (χ1n) is 9.39. The van der Waals surface area contributed by atoms with E-state index in [2.05, 4.69) is 70.8 Å². The lowest BCUT2D eigenvalue weighted by Gasteiger charge is -2.32. The zero-order valence-corrected chi connectivity index (χ0v) is 18.1. The second-order valence-corrected chi connectivity index (χ2v) is 9.24. The van der Waals surface area contributed by atoms with Gasteiger partial charge < -0.3 is 9.80 Å². The van der Waals surface area contributed by atoms with Gasteiger partial charge >= 0.3 is 0 Å². The van der Waals surface area contributed by atoms with E-state index in [4.69, 9.17) is 0 Å². The standard InChI is InChI=1S/C20H31BrN2OS/c1-4-10-22-11-9-20(24)23(13-12-22)18(14-16(2)3)15-25-19-7-5-17(21)6-8-19/h5-8,16,18H,4,9-15H2,1-3H3/t18-/m0/s1. The average Bonchev–Trinajstić information content (AvgIpc) is 2.75. The predicted octanol–water partition coefficient (Wildman–Crippen LogP) is 4.90. The average molecular weight is 427 g/mol. The van der Waals surface area contributed by atoms with Gasteiger partial charge in [0.25, 0.3) is 0 Å². The lowest BCUT2D eigenvalue weighted by atomic mass is 10.0. The van der Waals surface area contributed by atoms with Gasteiger partial charge in [0.05, 0.1) is 0 Å². The second-order valence-electron chi connectivity index (χ2n) is 7.23. The van der Waals surface area contributed by atoms with Crippen LogP contribution >= 0.6 is 27.7 Å². The van der Waals surface area contributed by atoms with Crippen LogP contribution in [0.1, 0.15) is 40.0 Å². The maximum Gasteiger partial charge on any atom is 0.224 e. The van der Waals surface area contributed by atoms with Gasteiger partial charge in [-0.05, 0) is 49.6 Å². The summed E-state index contributed by atoms with van der Waals surface area (Å²) in [4.78, 5) is 18.6. The van der Waals surface area contributed by atoms with E-state index >= 15 is 0 Å². The molecule has 0 aromatic heterocycles. The van der Waals surface area contributed by atoms with Crippen LogP contribution in [0.5, 0.6) is 0 Å². The number of nitrogens with zero attached hydrogens (tertiary/aromatic N) is 2. The Labute approximate surface area is 165 Å². The maximum atomic E-state index is 12.7. The van der Waals surface area contributed by atoms with Crippen LogP contribution in [-0.4, -0.2) is 53.7 Å². The molecule has 140 valence electrons. The molecule has 1 saturated heterocycles. The first kappa shape index (κ1) is 20.8. The highest BCUT2D eigenvalue weighted by atomic mass is 79.9. The summed E-state index contributed by atoms with van der Waals surface area (Å²) < 4.78 is 1.11. The van der Waals surface area contributed by atoms with Crippen molar-refractivity contribution in [3.05, 3.63) is 28.7 Å². The minimum atomic E-state index is 0.322. The molecule has 1 amide bonds. The van der Waals surface area contributed by atoms with Crippen molar-refractivity contribution in [1.82, 2.24) is 9.80 Å². The van der Waals surface area contributed by atoms with Gasteiger partial charge in [-0.1, -0.05) is 36.7 Å². The van der Waals surface area contributed by atoms with E-state index < -0.39 is 0 Å². The molecule has 0 unspecified atom stereocenters. The van der Waals surface area contributed by atoms with Crippen LogP contribution in [0.3, 0.4) is 0 Å². The number of halogens is 1. The highest BCUT2D eigenvalue weighted by molar-refractivity contribution is 9.10. The number of hydrogen-bond donors (Lipinski definition) is 0. The van der Waals surface area contributed by atoms with Gasteiger partial charge in [0, 0.05) is 47.2 Å². The number of rotatable bonds is 8. The molecule has 1 fully saturated rings. The molecule has 2 rings (SSSR count). The molecule has 1 aliphatic rings. The molecule has 0 saturated carbocycles. The molecule has 25 heavy (non-hydrogen) atoms. The van der Waals surface area contributed by atoms with Crippen LogP contribution in [0.4, 0.5) is 0 Å². The van der Waals surface area contributed by atoms with E-state index in [1.165, 1.54) is 4.90 Å². The van der Waals surface area contributed by atoms with Crippen molar-refractivity contribution >= 4 is 33.6 Å². The Kier molecular flexibility index (Phi) is 8.80. The normalized spacial score (nSPS) is 17.8. The number of thioether (sulfide) groups is 1. The molecule has 1 aromatic carbocycles. The Morgan fingerprint density at radius 3 is 2.52 bits per heavy atom. The molecule has 3 nitrogen and oxygen atoms in total. The molecular formula is C20H31BrN2OS. The zero-order chi connectivity index (χ0) is 18.2. The van der Waals surface area contributed by atoms with E-state index in [1.54, 1.807) is 0 Å². The van der Waals surface area contributed by atoms with Crippen molar-refractivity contribution in [2.24, 2.45) is 5.92 Å². The summed E-state index contributed by atoms with van der Waals surface area (Å²) in [6.07, 6.45) is 2.89. The fourth-order valence-corrected chi connectivity index (χ4v) is 4.66.